The summed E-state index contributed by atoms with van der Waals surface area (Å²) >= 11 is 0. The van der Waals surface area contributed by atoms with Gasteiger partial charge in [0, 0.05) is 12.7 Å². The van der Waals surface area contributed by atoms with Gasteiger partial charge in [-0.1, -0.05) is 0 Å². The molecule has 1 aromatic heterocycles. The maximum Gasteiger partial charge on any atom is 0.339 e. The van der Waals surface area contributed by atoms with Crippen molar-refractivity contribution in [2.45, 2.75) is 6.54 Å². The van der Waals surface area contributed by atoms with E-state index in [1.807, 2.05) is 24.3 Å². The van der Waals surface area contributed by atoms with Crippen molar-refractivity contribution in [1.82, 2.24) is 9.78 Å². The molecule has 0 aliphatic carbocycles. The molecule has 0 saturated heterocycles. The van der Waals surface area contributed by atoms with E-state index in [9.17, 15) is 4.79 Å². The number of nitrogens with zero attached hydrogens (tertiary/aromatic N) is 2. The van der Waals surface area contributed by atoms with E-state index in [2.05, 4.69) is 10.4 Å². The van der Waals surface area contributed by atoms with Crippen LogP contribution in [0.1, 0.15) is 16.1 Å². The van der Waals surface area contributed by atoms with E-state index in [4.69, 9.17) is 9.84 Å². The molecule has 0 bridgehead atoms. The van der Waals surface area contributed by atoms with Gasteiger partial charge in [0.05, 0.1) is 25.5 Å². The number of carboxylic acids is 1. The molecular formula is C13H15N3O3. The topological polar surface area (TPSA) is 76.4 Å². The fraction of sp³-hybridized carbons (Fsp3) is 0.231. The third kappa shape index (κ3) is 2.85. The summed E-state index contributed by atoms with van der Waals surface area (Å²) in [5.74, 6) is -0.197. The lowest BCUT2D eigenvalue weighted by Gasteiger charge is -2.08. The minimum Gasteiger partial charge on any atom is -0.497 e. The van der Waals surface area contributed by atoms with Crippen molar-refractivity contribution in [3.8, 4) is 5.75 Å². The molecule has 100 valence electrons. The lowest BCUT2D eigenvalue weighted by Crippen LogP contribution is -2.10. The average Bonchev–Trinajstić information content (AvgIpc) is 2.78. The fourth-order valence-corrected chi connectivity index (χ4v) is 1.75. The zero-order chi connectivity index (χ0) is 13.8. The summed E-state index contributed by atoms with van der Waals surface area (Å²) in [5.41, 5.74) is 1.73. The highest BCUT2D eigenvalue weighted by Gasteiger charge is 2.14. The van der Waals surface area contributed by atoms with E-state index in [0.717, 1.165) is 11.4 Å². The maximum absolute atomic E-state index is 11.0. The van der Waals surface area contributed by atoms with Crippen molar-refractivity contribution >= 4 is 11.7 Å². The van der Waals surface area contributed by atoms with Crippen LogP contribution in [-0.2, 0) is 13.6 Å². The first-order valence-electron chi connectivity index (χ1n) is 5.74. The first-order chi connectivity index (χ1) is 9.11. The Hall–Kier alpha value is -2.50. The van der Waals surface area contributed by atoms with Crippen molar-refractivity contribution in [3.05, 3.63) is 41.7 Å². The Balaban J connectivity index is 2.09. The maximum atomic E-state index is 11.0. The highest BCUT2D eigenvalue weighted by atomic mass is 16.5. The highest BCUT2D eigenvalue weighted by Crippen LogP contribution is 2.16. The zero-order valence-corrected chi connectivity index (χ0v) is 10.8. The summed E-state index contributed by atoms with van der Waals surface area (Å²) in [6.07, 6.45) is 1.35. The van der Waals surface area contributed by atoms with Crippen LogP contribution in [0.4, 0.5) is 5.69 Å². The normalized spacial score (nSPS) is 10.2. The first kappa shape index (κ1) is 12.9. The molecule has 6 nitrogen and oxygen atoms in total. The molecule has 1 heterocycles. The van der Waals surface area contributed by atoms with E-state index in [0.29, 0.717) is 12.2 Å². The van der Waals surface area contributed by atoms with E-state index in [1.54, 1.807) is 18.8 Å². The van der Waals surface area contributed by atoms with Gasteiger partial charge in [-0.25, -0.2) is 4.79 Å². The van der Waals surface area contributed by atoms with Crippen molar-refractivity contribution in [2.75, 3.05) is 12.4 Å². The van der Waals surface area contributed by atoms with Gasteiger partial charge < -0.3 is 15.2 Å². The monoisotopic (exact) mass is 261 g/mol. The summed E-state index contributed by atoms with van der Waals surface area (Å²) < 4.78 is 6.63. The number of benzene rings is 1. The number of ether oxygens (including phenoxy) is 1. The number of nitrogens with one attached hydrogen (secondary N) is 1. The quantitative estimate of drug-likeness (QED) is 0.857. The van der Waals surface area contributed by atoms with Crippen molar-refractivity contribution in [2.24, 2.45) is 7.05 Å². The number of hydrogen-bond acceptors (Lipinski definition) is 4. The molecule has 19 heavy (non-hydrogen) atoms. The molecule has 6 heteroatoms. The summed E-state index contributed by atoms with van der Waals surface area (Å²) in [6, 6.07) is 7.42. The Bertz CT molecular complexity index is 575. The van der Waals surface area contributed by atoms with Crippen molar-refractivity contribution < 1.29 is 14.6 Å². The smallest absolute Gasteiger partial charge is 0.339 e. The van der Waals surface area contributed by atoms with Crippen LogP contribution < -0.4 is 10.1 Å². The second-order valence-electron chi connectivity index (χ2n) is 4.02. The number of carbonyl (C=O) groups is 1. The zero-order valence-electron chi connectivity index (χ0n) is 10.8. The molecule has 0 aliphatic heterocycles. The van der Waals surface area contributed by atoms with Crippen molar-refractivity contribution in [3.63, 3.8) is 0 Å². The molecule has 2 aromatic rings. The number of aryl methyl sites for hydroxylation is 1. The molecule has 0 fully saturated rings. The Kier molecular flexibility index (Phi) is 3.70. The van der Waals surface area contributed by atoms with Crippen LogP contribution >= 0.6 is 0 Å². The highest BCUT2D eigenvalue weighted by molar-refractivity contribution is 5.88. The van der Waals surface area contributed by atoms with Crippen LogP contribution in [0, 0.1) is 0 Å². The first-order valence-corrected chi connectivity index (χ1v) is 5.74. The average molecular weight is 261 g/mol. The van der Waals surface area contributed by atoms with Crippen LogP contribution in [0.25, 0.3) is 0 Å². The number of aromatic carboxylic acids is 1. The second kappa shape index (κ2) is 5.43. The third-order valence-electron chi connectivity index (χ3n) is 2.84. The Morgan fingerprint density at radius 2 is 2.11 bits per heavy atom. The molecule has 0 radical (unpaired) electrons. The molecule has 2 rings (SSSR count). The molecular weight excluding hydrogens is 246 g/mol. The number of hydrogen-bond donors (Lipinski definition) is 2. The SMILES string of the molecule is COc1ccc(NCc2c(C(=O)O)cnn2C)cc1. The van der Waals surface area contributed by atoms with E-state index >= 15 is 0 Å². The molecule has 0 amide bonds. The van der Waals surface area contributed by atoms with Gasteiger partial charge in [-0.3, -0.25) is 4.68 Å². The largest absolute Gasteiger partial charge is 0.497 e. The van der Waals surface area contributed by atoms with E-state index < -0.39 is 5.97 Å². The van der Waals surface area contributed by atoms with Gasteiger partial charge in [0.25, 0.3) is 0 Å². The second-order valence-corrected chi connectivity index (χ2v) is 4.02. The molecule has 0 unspecified atom stereocenters. The van der Waals surface area contributed by atoms with Crippen LogP contribution in [0.5, 0.6) is 5.75 Å². The van der Waals surface area contributed by atoms with Gasteiger partial charge in [-0.15, -0.1) is 0 Å². The number of anilines is 1. The molecule has 0 atom stereocenters. The van der Waals surface area contributed by atoms with Gasteiger partial charge in [0.15, 0.2) is 0 Å². The van der Waals surface area contributed by atoms with Gasteiger partial charge in [-0.2, -0.15) is 5.10 Å². The Labute approximate surface area is 110 Å². The Morgan fingerprint density at radius 1 is 1.42 bits per heavy atom. The van der Waals surface area contributed by atoms with Crippen LogP contribution in [-0.4, -0.2) is 28.0 Å². The summed E-state index contributed by atoms with van der Waals surface area (Å²) in [6.45, 7) is 0.393. The van der Waals surface area contributed by atoms with Crippen molar-refractivity contribution in [1.29, 1.82) is 0 Å². The van der Waals surface area contributed by atoms with Gasteiger partial charge in [0.1, 0.15) is 11.3 Å². The van der Waals surface area contributed by atoms with Gasteiger partial charge in [-0.05, 0) is 24.3 Å². The predicted molar refractivity (Wildman–Crippen MR) is 70.5 cm³/mol. The fourth-order valence-electron chi connectivity index (χ4n) is 1.75. The summed E-state index contributed by atoms with van der Waals surface area (Å²) in [5, 5.41) is 16.2. The minimum atomic E-state index is -0.973. The molecule has 0 spiro atoms. The minimum absolute atomic E-state index is 0.212. The van der Waals surface area contributed by atoms with E-state index in [1.165, 1.54) is 6.20 Å². The predicted octanol–water partition coefficient (Wildman–Crippen LogP) is 1.74. The van der Waals surface area contributed by atoms with E-state index in [-0.39, 0.29) is 5.56 Å². The molecule has 0 saturated carbocycles. The molecule has 1 aromatic carbocycles. The number of rotatable bonds is 5. The van der Waals surface area contributed by atoms with Crippen LogP contribution in [0.3, 0.4) is 0 Å². The summed E-state index contributed by atoms with van der Waals surface area (Å²) in [4.78, 5) is 11.0. The van der Waals surface area contributed by atoms with Gasteiger partial charge >= 0.3 is 5.97 Å². The Morgan fingerprint density at radius 3 is 2.68 bits per heavy atom. The van der Waals surface area contributed by atoms with Crippen LogP contribution in [0.2, 0.25) is 0 Å². The number of aromatic nitrogens is 2. The molecule has 2 N–H and O–H groups in total. The lowest BCUT2D eigenvalue weighted by molar-refractivity contribution is 0.0695. The number of methoxy groups -OCH3 is 1. The standard InChI is InChI=1S/C13H15N3O3/c1-16-12(11(7-15-16)13(17)18)8-14-9-3-5-10(19-2)6-4-9/h3-7,14H,8H2,1-2H3,(H,17,18). The lowest BCUT2D eigenvalue weighted by atomic mass is 10.2. The molecule has 0 aliphatic rings. The van der Waals surface area contributed by atoms with Crippen LogP contribution in [0.15, 0.2) is 30.5 Å². The summed E-state index contributed by atoms with van der Waals surface area (Å²) in [7, 11) is 3.33. The third-order valence-corrected chi connectivity index (χ3v) is 2.84. The van der Waals surface area contributed by atoms with Gasteiger partial charge in [0.2, 0.25) is 0 Å². The number of carboxylic acid groups (broad SMARTS) is 1.